The van der Waals surface area contributed by atoms with Crippen molar-refractivity contribution < 1.29 is 0 Å². The molecule has 0 aromatic heterocycles. The highest BCUT2D eigenvalue weighted by Gasteiger charge is 2.16. The molecule has 1 aromatic rings. The molecule has 0 saturated carbocycles. The minimum absolute atomic E-state index is 0.840. The van der Waals surface area contributed by atoms with Crippen LogP contribution < -0.4 is 5.32 Å². The highest BCUT2D eigenvalue weighted by atomic mass is 32.2. The fraction of sp³-hybridized carbons (Fsp3) is 0.650. The van der Waals surface area contributed by atoms with E-state index in [-0.39, 0.29) is 0 Å². The summed E-state index contributed by atoms with van der Waals surface area (Å²) in [5.41, 5.74) is 1.32. The van der Waals surface area contributed by atoms with Gasteiger partial charge in [0.05, 0.1) is 0 Å². The second-order valence-electron chi connectivity index (χ2n) is 6.98. The van der Waals surface area contributed by atoms with E-state index in [0.717, 1.165) is 31.5 Å². The zero-order chi connectivity index (χ0) is 18.1. The Balaban J connectivity index is 1.86. The first-order chi connectivity index (χ1) is 12.1. The second-order valence-corrected chi connectivity index (χ2v) is 7.85. The Labute approximate surface area is 158 Å². The van der Waals surface area contributed by atoms with Crippen molar-refractivity contribution in [3.8, 4) is 0 Å². The summed E-state index contributed by atoms with van der Waals surface area (Å²) in [4.78, 5) is 10.8. The van der Waals surface area contributed by atoms with E-state index in [1.54, 1.807) is 11.8 Å². The van der Waals surface area contributed by atoms with E-state index in [1.807, 2.05) is 0 Å². The predicted octanol–water partition coefficient (Wildman–Crippen LogP) is 3.54. The number of nitrogens with one attached hydrogen (secondary N) is 1. The molecule has 0 atom stereocenters. The van der Waals surface area contributed by atoms with Gasteiger partial charge in [0, 0.05) is 31.6 Å². The number of aliphatic imine (C=N–C) groups is 1. The predicted molar refractivity (Wildman–Crippen MR) is 111 cm³/mol. The first-order valence-electron chi connectivity index (χ1n) is 9.43. The van der Waals surface area contributed by atoms with Gasteiger partial charge in [-0.3, -0.25) is 4.99 Å². The maximum Gasteiger partial charge on any atom is 0.193 e. The van der Waals surface area contributed by atoms with Gasteiger partial charge in [-0.05, 0) is 76.2 Å². The Morgan fingerprint density at radius 3 is 2.56 bits per heavy atom. The monoisotopic (exact) mass is 362 g/mol. The Hall–Kier alpha value is -1.20. The standard InChI is InChI=1S/C20H34N4S/c1-5-21-20(22-13-10-17-11-14-23(2)15-12-17)24(3)16-18-6-8-19(25-4)9-7-18/h6-9,17H,5,10-16H2,1-4H3,(H,21,22). The van der Waals surface area contributed by atoms with Crippen LogP contribution in [0.4, 0.5) is 0 Å². The zero-order valence-electron chi connectivity index (χ0n) is 16.3. The van der Waals surface area contributed by atoms with Crippen molar-refractivity contribution in [2.75, 3.05) is 46.5 Å². The minimum Gasteiger partial charge on any atom is -0.357 e. The van der Waals surface area contributed by atoms with Crippen LogP contribution in [0, 0.1) is 5.92 Å². The summed E-state index contributed by atoms with van der Waals surface area (Å²) in [7, 11) is 4.35. The summed E-state index contributed by atoms with van der Waals surface area (Å²) >= 11 is 1.78. The molecule has 2 rings (SSSR count). The number of rotatable bonds is 7. The van der Waals surface area contributed by atoms with Crippen LogP contribution in [0.25, 0.3) is 0 Å². The Morgan fingerprint density at radius 1 is 1.28 bits per heavy atom. The van der Waals surface area contributed by atoms with Gasteiger partial charge in [0.15, 0.2) is 5.96 Å². The lowest BCUT2D eigenvalue weighted by atomic mass is 9.94. The second kappa shape index (κ2) is 10.7. The fourth-order valence-corrected chi connectivity index (χ4v) is 3.66. The number of hydrogen-bond acceptors (Lipinski definition) is 3. The summed E-state index contributed by atoms with van der Waals surface area (Å²) in [5, 5.41) is 3.43. The third-order valence-electron chi connectivity index (χ3n) is 4.91. The number of guanidine groups is 1. The molecule has 1 aliphatic heterocycles. The van der Waals surface area contributed by atoms with Crippen molar-refractivity contribution in [3.63, 3.8) is 0 Å². The van der Waals surface area contributed by atoms with Gasteiger partial charge in [-0.25, -0.2) is 0 Å². The molecule has 0 amide bonds. The van der Waals surface area contributed by atoms with Crippen LogP contribution in [0.5, 0.6) is 0 Å². The first-order valence-corrected chi connectivity index (χ1v) is 10.7. The Morgan fingerprint density at radius 2 is 1.96 bits per heavy atom. The third kappa shape index (κ3) is 6.90. The Kier molecular flexibility index (Phi) is 8.62. The molecule has 1 aliphatic rings. The molecular weight excluding hydrogens is 328 g/mol. The maximum atomic E-state index is 4.87. The number of nitrogens with zero attached hydrogens (tertiary/aromatic N) is 3. The molecule has 4 nitrogen and oxygen atoms in total. The molecule has 1 heterocycles. The topological polar surface area (TPSA) is 30.9 Å². The van der Waals surface area contributed by atoms with Gasteiger partial charge in [-0.2, -0.15) is 0 Å². The van der Waals surface area contributed by atoms with Gasteiger partial charge >= 0.3 is 0 Å². The molecule has 25 heavy (non-hydrogen) atoms. The van der Waals surface area contributed by atoms with Crippen molar-refractivity contribution in [1.82, 2.24) is 15.1 Å². The molecule has 1 aromatic carbocycles. The van der Waals surface area contributed by atoms with Crippen molar-refractivity contribution in [2.45, 2.75) is 37.6 Å². The van der Waals surface area contributed by atoms with Crippen molar-refractivity contribution in [2.24, 2.45) is 10.9 Å². The van der Waals surface area contributed by atoms with E-state index in [2.05, 4.69) is 66.7 Å². The minimum atomic E-state index is 0.840. The number of piperidine rings is 1. The van der Waals surface area contributed by atoms with Crippen LogP contribution >= 0.6 is 11.8 Å². The summed E-state index contributed by atoms with van der Waals surface area (Å²) < 4.78 is 0. The fourth-order valence-electron chi connectivity index (χ4n) is 3.25. The highest BCUT2D eigenvalue weighted by molar-refractivity contribution is 7.98. The summed E-state index contributed by atoms with van der Waals surface area (Å²) in [6, 6.07) is 8.81. The lowest BCUT2D eigenvalue weighted by molar-refractivity contribution is 0.214. The van der Waals surface area contributed by atoms with E-state index in [9.17, 15) is 0 Å². The summed E-state index contributed by atoms with van der Waals surface area (Å²) in [6.45, 7) is 7.32. The number of likely N-dealkylation sites (tertiary alicyclic amines) is 1. The van der Waals surface area contributed by atoms with Gasteiger partial charge < -0.3 is 15.1 Å². The van der Waals surface area contributed by atoms with E-state index < -0.39 is 0 Å². The van der Waals surface area contributed by atoms with Gasteiger partial charge in [-0.15, -0.1) is 11.8 Å². The molecule has 0 radical (unpaired) electrons. The van der Waals surface area contributed by atoms with E-state index in [0.29, 0.717) is 0 Å². The van der Waals surface area contributed by atoms with E-state index >= 15 is 0 Å². The van der Waals surface area contributed by atoms with Crippen LogP contribution in [0.1, 0.15) is 31.7 Å². The molecule has 1 fully saturated rings. The average molecular weight is 363 g/mol. The van der Waals surface area contributed by atoms with Crippen LogP contribution in [-0.4, -0.2) is 62.3 Å². The highest BCUT2D eigenvalue weighted by Crippen LogP contribution is 2.19. The van der Waals surface area contributed by atoms with Gasteiger partial charge in [0.25, 0.3) is 0 Å². The van der Waals surface area contributed by atoms with Crippen LogP contribution in [0.3, 0.4) is 0 Å². The molecule has 1 saturated heterocycles. The average Bonchev–Trinajstić information content (AvgIpc) is 2.63. The lowest BCUT2D eigenvalue weighted by Crippen LogP contribution is -2.38. The van der Waals surface area contributed by atoms with Crippen molar-refractivity contribution >= 4 is 17.7 Å². The number of thioether (sulfide) groups is 1. The molecule has 0 aliphatic carbocycles. The van der Waals surface area contributed by atoms with Crippen molar-refractivity contribution in [3.05, 3.63) is 29.8 Å². The van der Waals surface area contributed by atoms with Crippen LogP contribution in [0.15, 0.2) is 34.2 Å². The molecular formula is C20H34N4S. The maximum absolute atomic E-state index is 4.87. The molecule has 140 valence electrons. The van der Waals surface area contributed by atoms with E-state index in [1.165, 1.54) is 42.8 Å². The van der Waals surface area contributed by atoms with E-state index in [4.69, 9.17) is 4.99 Å². The largest absolute Gasteiger partial charge is 0.357 e. The molecule has 0 unspecified atom stereocenters. The molecule has 5 heteroatoms. The van der Waals surface area contributed by atoms with Crippen LogP contribution in [0.2, 0.25) is 0 Å². The smallest absolute Gasteiger partial charge is 0.193 e. The van der Waals surface area contributed by atoms with Gasteiger partial charge in [0.1, 0.15) is 0 Å². The van der Waals surface area contributed by atoms with Gasteiger partial charge in [0.2, 0.25) is 0 Å². The Bertz CT molecular complexity index is 521. The van der Waals surface area contributed by atoms with Gasteiger partial charge in [-0.1, -0.05) is 12.1 Å². The number of benzene rings is 1. The zero-order valence-corrected chi connectivity index (χ0v) is 17.1. The lowest BCUT2D eigenvalue weighted by Gasteiger charge is -2.28. The third-order valence-corrected chi connectivity index (χ3v) is 5.66. The quantitative estimate of drug-likeness (QED) is 0.457. The number of hydrogen-bond donors (Lipinski definition) is 1. The first kappa shape index (κ1) is 20.1. The molecule has 0 spiro atoms. The van der Waals surface area contributed by atoms with Crippen LogP contribution in [-0.2, 0) is 6.54 Å². The summed E-state index contributed by atoms with van der Waals surface area (Å²) in [6.07, 6.45) is 5.96. The SMILES string of the molecule is CCNC(=NCCC1CCN(C)CC1)N(C)Cc1ccc(SC)cc1. The summed E-state index contributed by atoms with van der Waals surface area (Å²) in [5.74, 6) is 1.86. The normalized spacial score (nSPS) is 16.9. The molecule has 1 N–H and O–H groups in total. The molecule has 0 bridgehead atoms. The van der Waals surface area contributed by atoms with Crippen molar-refractivity contribution in [1.29, 1.82) is 0 Å².